The second kappa shape index (κ2) is 3.24. The third-order valence-electron chi connectivity index (χ3n) is 1.19. The first-order chi connectivity index (χ1) is 5.57. The zero-order chi connectivity index (χ0) is 10.9. The number of hydrogen-bond donors (Lipinski definition) is 1. The molecule has 0 bridgehead atoms. The summed E-state index contributed by atoms with van der Waals surface area (Å²) in [5.41, 5.74) is -2.02. The first-order valence-electron chi connectivity index (χ1n) is 3.16. The van der Waals surface area contributed by atoms with E-state index in [0.717, 1.165) is 20.1 Å². The van der Waals surface area contributed by atoms with Crippen molar-refractivity contribution in [1.29, 1.82) is 0 Å². The maximum Gasteiger partial charge on any atom is 0.473 e. The molecule has 9 heteroatoms. The van der Waals surface area contributed by atoms with Gasteiger partial charge in [-0.3, -0.25) is 10.1 Å². The van der Waals surface area contributed by atoms with Crippen molar-refractivity contribution in [1.82, 2.24) is 4.83 Å². The number of hydrazine groups is 1. The number of hydrogen-bond acceptors (Lipinski definition) is 5. The van der Waals surface area contributed by atoms with Crippen molar-refractivity contribution in [2.24, 2.45) is 0 Å². The van der Waals surface area contributed by atoms with Gasteiger partial charge in [0.15, 0.2) is 0 Å². The van der Waals surface area contributed by atoms with Crippen LogP contribution in [0.2, 0.25) is 0 Å². The zero-order valence-corrected chi connectivity index (χ0v) is 8.16. The van der Waals surface area contributed by atoms with Gasteiger partial charge >= 0.3 is 5.66 Å². The average molecular weight is 212 g/mol. The van der Waals surface area contributed by atoms with E-state index in [1.54, 1.807) is 0 Å². The van der Waals surface area contributed by atoms with Gasteiger partial charge < -0.3 is 0 Å². The topological polar surface area (TPSA) is 109 Å². The van der Waals surface area contributed by atoms with Gasteiger partial charge in [0.05, 0.1) is 29.9 Å². The molecule has 0 fully saturated rings. The van der Waals surface area contributed by atoms with E-state index in [0.29, 0.717) is 0 Å². The van der Waals surface area contributed by atoms with Crippen LogP contribution in [0.4, 0.5) is 0 Å². The molecule has 0 rings (SSSR count). The maximum absolute atomic E-state index is 10.9. The lowest BCUT2D eigenvalue weighted by Crippen LogP contribution is -2.50. The van der Waals surface area contributed by atoms with E-state index in [4.69, 9.17) is 0 Å². The molecule has 0 radical (unpaired) electrons. The summed E-state index contributed by atoms with van der Waals surface area (Å²) >= 11 is 0. The highest BCUT2D eigenvalue weighted by Crippen LogP contribution is 2.06. The largest absolute Gasteiger partial charge is 0.473 e. The fourth-order valence-electron chi connectivity index (χ4n) is 0.336. The Balaban J connectivity index is 4.73. The lowest BCUT2D eigenvalue weighted by Gasteiger charge is -2.05. The molecular formula is C4H10N3O5S+. The van der Waals surface area contributed by atoms with Gasteiger partial charge in [0.1, 0.15) is 0 Å². The van der Waals surface area contributed by atoms with E-state index in [1.807, 2.05) is 0 Å². The normalized spacial score (nSPS) is 12.2. The van der Waals surface area contributed by atoms with E-state index < -0.39 is 20.6 Å². The Kier molecular flexibility index (Phi) is 2.93. The van der Waals surface area contributed by atoms with Crippen molar-refractivity contribution in [2.45, 2.75) is 19.5 Å². The van der Waals surface area contributed by atoms with Crippen LogP contribution in [0.25, 0.3) is 0 Å². The van der Waals surface area contributed by atoms with E-state index in [-0.39, 0.29) is 4.87 Å². The van der Waals surface area contributed by atoms with Crippen LogP contribution in [0.1, 0.15) is 13.8 Å². The molecule has 0 spiro atoms. The molecule has 1 N–H and O–H groups in total. The van der Waals surface area contributed by atoms with Crippen molar-refractivity contribution >= 4 is 10.0 Å². The quantitative estimate of drug-likeness (QED) is 0.285. The molecule has 0 aliphatic heterocycles. The summed E-state index contributed by atoms with van der Waals surface area (Å²) in [6, 6.07) is 0. The number of nitrogens with zero attached hydrogens (tertiary/aromatic N) is 2. The Bertz CT molecular complexity index is 332. The number of nitrogens with one attached hydrogen (secondary N) is 1. The van der Waals surface area contributed by atoms with Gasteiger partial charge in [-0.25, -0.2) is 8.42 Å². The van der Waals surface area contributed by atoms with Gasteiger partial charge in [0, 0.05) is 0 Å². The van der Waals surface area contributed by atoms with E-state index in [2.05, 4.69) is 0 Å². The molecule has 76 valence electrons. The van der Waals surface area contributed by atoms with Gasteiger partial charge in [-0.2, -0.15) is 0 Å². The Hall–Kier alpha value is -1.25. The number of nitro groups is 1. The average Bonchev–Trinajstić information content (AvgIpc) is 1.82. The molecule has 0 aliphatic rings. The molecule has 0 aromatic carbocycles. The van der Waals surface area contributed by atoms with E-state index in [1.165, 1.54) is 4.83 Å². The van der Waals surface area contributed by atoms with Gasteiger partial charge in [-0.15, -0.1) is 0 Å². The molecule has 8 nitrogen and oxygen atoms in total. The molecule has 0 saturated carbocycles. The first-order valence-corrected chi connectivity index (χ1v) is 5.06. The monoisotopic (exact) mass is 212 g/mol. The van der Waals surface area contributed by atoms with Crippen LogP contribution in [-0.2, 0) is 10.0 Å². The second-order valence-electron chi connectivity index (χ2n) is 2.91. The van der Waals surface area contributed by atoms with Gasteiger partial charge in [0.2, 0.25) is 4.87 Å². The van der Waals surface area contributed by atoms with Crippen LogP contribution in [0.3, 0.4) is 0 Å². The summed E-state index contributed by atoms with van der Waals surface area (Å²) in [7, 11) is -3.78. The van der Waals surface area contributed by atoms with Crippen LogP contribution in [0, 0.1) is 15.0 Å². The lowest BCUT2D eigenvalue weighted by molar-refractivity contribution is -0.831. The summed E-state index contributed by atoms with van der Waals surface area (Å²) in [5.74, 6) is 0. The van der Waals surface area contributed by atoms with Crippen LogP contribution >= 0.6 is 0 Å². The molecule has 0 saturated heterocycles. The summed E-state index contributed by atoms with van der Waals surface area (Å²) in [5, 5.41) is 10.3. The van der Waals surface area contributed by atoms with Gasteiger partial charge in [-0.05, 0) is 4.83 Å². The highest BCUT2D eigenvalue weighted by Gasteiger charge is 2.50. The third-order valence-corrected chi connectivity index (χ3v) is 1.69. The van der Waals surface area contributed by atoms with Gasteiger partial charge in [-0.1, -0.05) is 0 Å². The summed E-state index contributed by atoms with van der Waals surface area (Å²) < 4.78 is 21.1. The molecule has 0 aliphatic carbocycles. The molecule has 0 aromatic rings. The SMILES string of the molecule is CC(C)([N+](=O)[O-])[N+](=O)NS(C)(=O)=O. The van der Waals surface area contributed by atoms with Crippen molar-refractivity contribution in [2.75, 3.05) is 6.26 Å². The fourth-order valence-corrected chi connectivity index (χ4v) is 0.861. The molecule has 0 aromatic heterocycles. The number of rotatable bonds is 4. The highest BCUT2D eigenvalue weighted by atomic mass is 32.2. The van der Waals surface area contributed by atoms with Crippen molar-refractivity contribution in [3.05, 3.63) is 15.0 Å². The zero-order valence-electron chi connectivity index (χ0n) is 7.34. The minimum atomic E-state index is -3.78. The van der Waals surface area contributed by atoms with Crippen LogP contribution < -0.4 is 4.83 Å². The second-order valence-corrected chi connectivity index (χ2v) is 4.64. The lowest BCUT2D eigenvalue weighted by atomic mass is 10.3. The Morgan fingerprint density at radius 3 is 1.92 bits per heavy atom. The predicted octanol–water partition coefficient (Wildman–Crippen LogP) is -0.758. The van der Waals surface area contributed by atoms with E-state index >= 15 is 0 Å². The van der Waals surface area contributed by atoms with Crippen LogP contribution in [0.15, 0.2) is 0 Å². The van der Waals surface area contributed by atoms with Crippen molar-refractivity contribution in [3.63, 3.8) is 0 Å². The first kappa shape index (κ1) is 11.8. The molecule has 0 atom stereocenters. The standard InChI is InChI=1S/C4H10N3O5S/c1-4(2,7(9)10)6(8)5-13(3,11)12/h1-3H3,(H,5,8)/q+1. The molecule has 0 amide bonds. The maximum atomic E-state index is 10.9. The molecule has 0 heterocycles. The van der Waals surface area contributed by atoms with Gasteiger partial charge in [0.25, 0.3) is 10.0 Å². The van der Waals surface area contributed by atoms with E-state index in [9.17, 15) is 23.4 Å². The molecule has 13 heavy (non-hydrogen) atoms. The minimum Gasteiger partial charge on any atom is -0.258 e. The summed E-state index contributed by atoms with van der Waals surface area (Å²) in [6.07, 6.45) is 0.730. The minimum absolute atomic E-state index is 0.317. The number of sulfonamides is 1. The summed E-state index contributed by atoms with van der Waals surface area (Å²) in [4.78, 5) is 21.4. The smallest absolute Gasteiger partial charge is 0.258 e. The fraction of sp³-hybridized carbons (Fsp3) is 1.00. The predicted molar refractivity (Wildman–Crippen MR) is 42.7 cm³/mol. The Morgan fingerprint density at radius 1 is 1.31 bits per heavy atom. The van der Waals surface area contributed by atoms with Crippen molar-refractivity contribution in [3.8, 4) is 0 Å². The summed E-state index contributed by atoms with van der Waals surface area (Å²) in [6.45, 7) is 1.97. The third kappa shape index (κ3) is 3.32. The highest BCUT2D eigenvalue weighted by molar-refractivity contribution is 7.88. The Labute approximate surface area is 74.7 Å². The van der Waals surface area contributed by atoms with Crippen molar-refractivity contribution < 1.29 is 18.2 Å². The molecular weight excluding hydrogens is 202 g/mol. The molecule has 0 unspecified atom stereocenters. The van der Waals surface area contributed by atoms with Crippen LogP contribution in [-0.4, -0.2) is 30.1 Å². The van der Waals surface area contributed by atoms with Crippen LogP contribution in [0.5, 0.6) is 0 Å². The Morgan fingerprint density at radius 2 is 1.69 bits per heavy atom. The number of nitroso groups, excluding NO2 is 1.